The molecule has 1 amide bonds. The lowest BCUT2D eigenvalue weighted by Gasteiger charge is -2.13. The van der Waals surface area contributed by atoms with Crippen molar-refractivity contribution in [2.24, 2.45) is 19.1 Å². The fourth-order valence-corrected chi connectivity index (χ4v) is 4.50. The van der Waals surface area contributed by atoms with E-state index in [9.17, 15) is 9.59 Å². The van der Waals surface area contributed by atoms with Crippen molar-refractivity contribution in [1.82, 2.24) is 19.0 Å². The minimum Gasteiger partial charge on any atom is -0.320 e. The molecule has 0 atom stereocenters. The van der Waals surface area contributed by atoms with Crippen LogP contribution in [0.3, 0.4) is 0 Å². The van der Waals surface area contributed by atoms with E-state index in [0.29, 0.717) is 10.8 Å². The van der Waals surface area contributed by atoms with Gasteiger partial charge in [-0.2, -0.15) is 5.10 Å². The highest BCUT2D eigenvalue weighted by Crippen LogP contribution is 2.26. The number of amides is 1. The molecule has 30 heavy (non-hydrogen) atoms. The van der Waals surface area contributed by atoms with Crippen LogP contribution in [0.1, 0.15) is 21.9 Å². The van der Waals surface area contributed by atoms with E-state index in [1.165, 1.54) is 4.68 Å². The van der Waals surface area contributed by atoms with Crippen LogP contribution in [0.15, 0.2) is 45.5 Å². The topological polar surface area (TPSA) is 86.2 Å². The number of nitrogens with zero attached hydrogens (tertiary/aromatic N) is 5. The molecular weight excluding hydrogens is 400 g/mol. The zero-order valence-corrected chi connectivity index (χ0v) is 18.2. The summed E-state index contributed by atoms with van der Waals surface area (Å²) in [6.45, 7) is 3.88. The minimum atomic E-state index is -0.380. The largest absolute Gasteiger partial charge is 0.320 e. The summed E-state index contributed by atoms with van der Waals surface area (Å²) in [6.07, 6.45) is 0. The average Bonchev–Trinajstić information content (AvgIpc) is 3.24. The van der Waals surface area contributed by atoms with Gasteiger partial charge in [-0.1, -0.05) is 18.2 Å². The van der Waals surface area contributed by atoms with Crippen molar-refractivity contribution in [1.29, 1.82) is 0 Å². The normalized spacial score (nSPS) is 12.0. The van der Waals surface area contributed by atoms with Gasteiger partial charge in [0.1, 0.15) is 0 Å². The van der Waals surface area contributed by atoms with E-state index < -0.39 is 0 Å². The van der Waals surface area contributed by atoms with Crippen LogP contribution in [0.4, 0.5) is 0 Å². The van der Waals surface area contributed by atoms with Crippen molar-refractivity contribution in [3.63, 3.8) is 0 Å². The molecule has 0 aliphatic heterocycles. The first kappa shape index (κ1) is 19.8. The second-order valence-corrected chi connectivity index (χ2v) is 7.91. The highest BCUT2D eigenvalue weighted by Gasteiger charge is 2.19. The van der Waals surface area contributed by atoms with Crippen molar-refractivity contribution in [2.75, 3.05) is 12.5 Å². The molecule has 1 aromatic carbocycles. The minimum absolute atomic E-state index is 0.204. The molecule has 3 aromatic heterocycles. The van der Waals surface area contributed by atoms with Crippen LogP contribution in [0.2, 0.25) is 0 Å². The first-order valence-corrected chi connectivity index (χ1v) is 10.3. The van der Waals surface area contributed by atoms with Crippen LogP contribution in [-0.2, 0) is 14.1 Å². The summed E-state index contributed by atoms with van der Waals surface area (Å²) >= 11 is 1.57. The number of fused-ring (bicyclic) bond motifs is 1. The average molecular weight is 423 g/mol. The summed E-state index contributed by atoms with van der Waals surface area (Å²) in [5.41, 5.74) is 6.72. The third-order valence-electron chi connectivity index (χ3n) is 5.21. The Morgan fingerprint density at radius 1 is 1.17 bits per heavy atom. The molecule has 154 valence electrons. The maximum absolute atomic E-state index is 13.1. The number of thiazole rings is 1. The molecule has 0 spiro atoms. The Balaban J connectivity index is 1.78. The van der Waals surface area contributed by atoms with Gasteiger partial charge in [-0.05, 0) is 26.0 Å². The van der Waals surface area contributed by atoms with Gasteiger partial charge in [0.25, 0.3) is 11.5 Å². The van der Waals surface area contributed by atoms with Crippen LogP contribution in [0.25, 0.3) is 22.0 Å². The number of rotatable bonds is 3. The fraction of sp³-hybridized carbons (Fsp3) is 0.238. The monoisotopic (exact) mass is 422 g/mol. The maximum Gasteiger partial charge on any atom is 0.291 e. The van der Waals surface area contributed by atoms with Gasteiger partial charge in [0.2, 0.25) is 0 Å². The molecule has 8 nitrogen and oxygen atoms in total. The molecule has 4 aromatic rings. The lowest BCUT2D eigenvalue weighted by Crippen LogP contribution is -2.29. The molecule has 3 heterocycles. The molecular formula is C21H22N6O2S. The maximum atomic E-state index is 13.1. The summed E-state index contributed by atoms with van der Waals surface area (Å²) in [4.78, 5) is 30.7. The summed E-state index contributed by atoms with van der Waals surface area (Å²) in [7, 11) is 5.28. The number of hydrogen-bond acceptors (Lipinski definition) is 5. The molecule has 0 saturated heterocycles. The second-order valence-electron chi connectivity index (χ2n) is 7.07. The lowest BCUT2D eigenvalue weighted by molar-refractivity contribution is 0.100. The molecule has 0 bridgehead atoms. The Bertz CT molecular complexity index is 1420. The lowest BCUT2D eigenvalue weighted by atomic mass is 10.1. The zero-order chi connectivity index (χ0) is 21.6. The van der Waals surface area contributed by atoms with Gasteiger partial charge in [0.05, 0.1) is 11.1 Å². The van der Waals surface area contributed by atoms with Crippen molar-refractivity contribution in [3.8, 4) is 11.3 Å². The quantitative estimate of drug-likeness (QED) is 0.550. The third kappa shape index (κ3) is 3.07. The fourth-order valence-electron chi connectivity index (χ4n) is 3.63. The van der Waals surface area contributed by atoms with Gasteiger partial charge in [-0.25, -0.2) is 4.68 Å². The van der Waals surface area contributed by atoms with E-state index in [2.05, 4.69) is 20.9 Å². The SMILES string of the molecule is CN=c1scc(-c2cc(C)n(NC(=O)c3nn(C)c(=O)c4ccccc34)c2C)n1C. The number of nitrogens with one attached hydrogen (secondary N) is 1. The van der Waals surface area contributed by atoms with Crippen LogP contribution < -0.4 is 15.8 Å². The zero-order valence-electron chi connectivity index (χ0n) is 17.4. The van der Waals surface area contributed by atoms with Crippen LogP contribution in [-0.4, -0.2) is 32.0 Å². The van der Waals surface area contributed by atoms with E-state index in [4.69, 9.17) is 0 Å². The van der Waals surface area contributed by atoms with Crippen molar-refractivity contribution < 1.29 is 4.79 Å². The summed E-state index contributed by atoms with van der Waals surface area (Å²) in [5.74, 6) is -0.380. The highest BCUT2D eigenvalue weighted by atomic mass is 32.1. The van der Waals surface area contributed by atoms with Crippen LogP contribution >= 0.6 is 11.3 Å². The van der Waals surface area contributed by atoms with Crippen molar-refractivity contribution >= 4 is 28.0 Å². The number of benzene rings is 1. The Morgan fingerprint density at radius 2 is 1.87 bits per heavy atom. The van der Waals surface area contributed by atoms with Crippen molar-refractivity contribution in [2.45, 2.75) is 13.8 Å². The number of aryl methyl sites for hydroxylation is 2. The predicted molar refractivity (Wildman–Crippen MR) is 118 cm³/mol. The first-order chi connectivity index (χ1) is 14.3. The highest BCUT2D eigenvalue weighted by molar-refractivity contribution is 7.07. The van der Waals surface area contributed by atoms with E-state index in [-0.39, 0.29) is 17.2 Å². The Labute approximate surface area is 176 Å². The smallest absolute Gasteiger partial charge is 0.291 e. The third-order valence-corrected chi connectivity index (χ3v) is 6.22. The Hall–Kier alpha value is -3.46. The van der Waals surface area contributed by atoms with Gasteiger partial charge < -0.3 is 4.57 Å². The van der Waals surface area contributed by atoms with Crippen LogP contribution in [0, 0.1) is 13.8 Å². The second kappa shape index (κ2) is 7.42. The van der Waals surface area contributed by atoms with Crippen molar-refractivity contribution in [3.05, 3.63) is 67.9 Å². The molecule has 0 aliphatic carbocycles. The molecule has 9 heteroatoms. The number of carbonyl (C=O) groups excluding carboxylic acids is 1. The van der Waals surface area contributed by atoms with Gasteiger partial charge in [-0.15, -0.1) is 11.3 Å². The van der Waals surface area contributed by atoms with E-state index >= 15 is 0 Å². The number of hydrogen-bond donors (Lipinski definition) is 1. The Kier molecular flexibility index (Phi) is 4.90. The van der Waals surface area contributed by atoms with Gasteiger partial charge >= 0.3 is 0 Å². The molecule has 0 saturated carbocycles. The molecule has 4 rings (SSSR count). The van der Waals surface area contributed by atoms with Gasteiger partial charge in [0, 0.05) is 48.9 Å². The first-order valence-electron chi connectivity index (χ1n) is 9.37. The van der Waals surface area contributed by atoms with E-state index in [0.717, 1.165) is 27.4 Å². The van der Waals surface area contributed by atoms with Crippen LogP contribution in [0.5, 0.6) is 0 Å². The van der Waals surface area contributed by atoms with E-state index in [1.807, 2.05) is 31.5 Å². The standard InChI is InChI=1S/C21H22N6O2S/c1-12-10-16(17-11-30-21(22-3)25(17)4)13(2)27(12)24-19(28)18-14-8-6-7-9-15(14)20(29)26(5)23-18/h6-11H,1-5H3,(H,24,28). The summed E-state index contributed by atoms with van der Waals surface area (Å²) in [6, 6.07) is 9.03. The molecule has 1 N–H and O–H groups in total. The predicted octanol–water partition coefficient (Wildman–Crippen LogP) is 2.33. The molecule has 0 aliphatic rings. The molecule has 0 radical (unpaired) electrons. The van der Waals surface area contributed by atoms with Gasteiger partial charge in [0.15, 0.2) is 10.5 Å². The number of aromatic nitrogens is 4. The number of carbonyl (C=O) groups is 1. The molecule has 0 fully saturated rings. The van der Waals surface area contributed by atoms with Gasteiger partial charge in [-0.3, -0.25) is 24.7 Å². The molecule has 0 unspecified atom stereocenters. The Morgan fingerprint density at radius 3 is 2.53 bits per heavy atom. The summed E-state index contributed by atoms with van der Waals surface area (Å²) < 4.78 is 4.97. The summed E-state index contributed by atoms with van der Waals surface area (Å²) in [5, 5.41) is 7.26. The van der Waals surface area contributed by atoms with E-state index in [1.54, 1.807) is 54.4 Å².